The van der Waals surface area contributed by atoms with E-state index in [2.05, 4.69) is 43.5 Å². The molecule has 72 heavy (non-hydrogen) atoms. The number of amides is 1. The summed E-state index contributed by atoms with van der Waals surface area (Å²) >= 11 is 0. The molecule has 7 atom stereocenters. The van der Waals surface area contributed by atoms with E-state index in [-0.39, 0.29) is 12.5 Å². The molecule has 1 aliphatic heterocycles. The fourth-order valence-electron chi connectivity index (χ4n) is 10.0. The summed E-state index contributed by atoms with van der Waals surface area (Å²) in [7, 11) is 0. The Balaban J connectivity index is 2.14. The molecule has 1 aliphatic rings. The zero-order valence-electron chi connectivity index (χ0n) is 47.2. The van der Waals surface area contributed by atoms with Crippen molar-refractivity contribution in [3.63, 3.8) is 0 Å². The second-order valence-electron chi connectivity index (χ2n) is 21.8. The van der Waals surface area contributed by atoms with Crippen LogP contribution in [-0.2, 0) is 14.3 Å². The van der Waals surface area contributed by atoms with Crippen molar-refractivity contribution in [3.8, 4) is 0 Å². The van der Waals surface area contributed by atoms with E-state index in [1.807, 2.05) is 6.08 Å². The number of unbranched alkanes of at least 4 members (excludes halogenated alkanes) is 40. The minimum Gasteiger partial charge on any atom is -0.394 e. The molecule has 0 radical (unpaired) electrons. The summed E-state index contributed by atoms with van der Waals surface area (Å²) in [6, 6.07) is -0.826. The van der Waals surface area contributed by atoms with Gasteiger partial charge in [-0.1, -0.05) is 288 Å². The van der Waals surface area contributed by atoms with Crippen LogP contribution in [0.15, 0.2) is 36.5 Å². The molecular weight excluding hydrogens is 899 g/mol. The average molecular weight is 1020 g/mol. The zero-order chi connectivity index (χ0) is 52.2. The third-order valence-electron chi connectivity index (χ3n) is 14.9. The van der Waals surface area contributed by atoms with Crippen molar-refractivity contribution < 1.29 is 39.8 Å². The highest BCUT2D eigenvalue weighted by molar-refractivity contribution is 5.76. The number of hydrogen-bond acceptors (Lipinski definition) is 8. The van der Waals surface area contributed by atoms with Gasteiger partial charge >= 0.3 is 0 Å². The molecule has 1 heterocycles. The third-order valence-corrected chi connectivity index (χ3v) is 14.9. The van der Waals surface area contributed by atoms with Crippen molar-refractivity contribution in [2.75, 3.05) is 13.2 Å². The van der Waals surface area contributed by atoms with Crippen LogP contribution in [0, 0.1) is 0 Å². The van der Waals surface area contributed by atoms with E-state index < -0.39 is 49.5 Å². The molecule has 0 aliphatic carbocycles. The molecule has 0 bridgehead atoms. The lowest BCUT2D eigenvalue weighted by Gasteiger charge is -2.40. The lowest BCUT2D eigenvalue weighted by molar-refractivity contribution is -0.302. The van der Waals surface area contributed by atoms with Gasteiger partial charge in [0.05, 0.1) is 25.4 Å². The highest BCUT2D eigenvalue weighted by Gasteiger charge is 2.44. The first-order valence-electron chi connectivity index (χ1n) is 31.2. The Hall–Kier alpha value is -1.59. The molecular formula is C63H119NO8. The van der Waals surface area contributed by atoms with Gasteiger partial charge in [-0.15, -0.1) is 0 Å². The monoisotopic (exact) mass is 1020 g/mol. The Labute approximate surface area is 444 Å². The van der Waals surface area contributed by atoms with E-state index >= 15 is 0 Å². The molecule has 0 spiro atoms. The first-order chi connectivity index (χ1) is 35.3. The SMILES string of the molecule is CCCCCCCCC/C=C/CC/C=C/CC/C=C/C(O)C(COC1OC(CO)C(O)C(O)C1O)NC(=O)CCCCCCCCCCCCCCCCCCCCCCCCCCCCCCCCCC. The maximum Gasteiger partial charge on any atom is 0.220 e. The molecule has 0 aromatic carbocycles. The fourth-order valence-corrected chi connectivity index (χ4v) is 10.0. The molecule has 1 saturated heterocycles. The van der Waals surface area contributed by atoms with Crippen LogP contribution >= 0.6 is 0 Å². The van der Waals surface area contributed by atoms with Gasteiger partial charge in [-0.3, -0.25) is 4.79 Å². The van der Waals surface area contributed by atoms with Gasteiger partial charge in [0.1, 0.15) is 24.4 Å². The van der Waals surface area contributed by atoms with Gasteiger partial charge in [0.25, 0.3) is 0 Å². The molecule has 9 heteroatoms. The maximum absolute atomic E-state index is 13.1. The van der Waals surface area contributed by atoms with Crippen molar-refractivity contribution in [2.45, 2.75) is 346 Å². The Bertz CT molecular complexity index is 1230. The van der Waals surface area contributed by atoms with Crippen molar-refractivity contribution in [3.05, 3.63) is 36.5 Å². The van der Waals surface area contributed by atoms with Gasteiger partial charge in [-0.2, -0.15) is 0 Å². The molecule has 1 fully saturated rings. The molecule has 0 saturated carbocycles. The lowest BCUT2D eigenvalue weighted by atomic mass is 9.99. The molecule has 1 amide bonds. The number of carbonyl (C=O) groups excluding carboxylic acids is 1. The summed E-state index contributed by atoms with van der Waals surface area (Å²) in [5.74, 6) is -0.185. The molecule has 6 N–H and O–H groups in total. The van der Waals surface area contributed by atoms with Crippen molar-refractivity contribution >= 4 is 5.91 Å². The Morgan fingerprint density at radius 2 is 0.792 bits per heavy atom. The number of hydrogen-bond donors (Lipinski definition) is 6. The van der Waals surface area contributed by atoms with E-state index in [1.54, 1.807) is 6.08 Å². The van der Waals surface area contributed by atoms with Crippen LogP contribution in [0.4, 0.5) is 0 Å². The number of allylic oxidation sites excluding steroid dienone is 5. The second kappa shape index (κ2) is 52.8. The molecule has 9 nitrogen and oxygen atoms in total. The number of aliphatic hydroxyl groups is 5. The average Bonchev–Trinajstić information content (AvgIpc) is 3.38. The smallest absolute Gasteiger partial charge is 0.220 e. The third kappa shape index (κ3) is 41.6. The molecule has 7 unspecified atom stereocenters. The number of nitrogens with one attached hydrogen (secondary N) is 1. The summed E-state index contributed by atoms with van der Waals surface area (Å²) in [4.78, 5) is 13.1. The molecule has 1 rings (SSSR count). The first-order valence-corrected chi connectivity index (χ1v) is 31.2. The van der Waals surface area contributed by atoms with E-state index in [1.165, 1.54) is 238 Å². The van der Waals surface area contributed by atoms with Crippen LogP contribution in [0.2, 0.25) is 0 Å². The largest absolute Gasteiger partial charge is 0.394 e. The standard InChI is InChI=1S/C63H119NO8/c1-3-5-7-9-11-13-15-17-19-21-22-23-24-25-26-27-28-29-30-31-32-33-34-35-37-39-41-43-45-47-49-51-53-59(67)64-56(55-71-63-62(70)61(69)60(68)58(54-65)72-63)57(66)52-50-48-46-44-42-40-38-36-20-18-16-14-12-10-8-6-4-2/h20,36,42,44,50,52,56-58,60-63,65-66,68-70H,3-19,21-35,37-41,43,45-49,51,53-55H2,1-2H3,(H,64,67)/b36-20+,44-42+,52-50+. The highest BCUT2D eigenvalue weighted by atomic mass is 16.7. The predicted octanol–water partition coefficient (Wildman–Crippen LogP) is 15.9. The van der Waals surface area contributed by atoms with Crippen molar-refractivity contribution in [1.29, 1.82) is 0 Å². The maximum atomic E-state index is 13.1. The number of ether oxygens (including phenoxy) is 2. The summed E-state index contributed by atoms with van der Waals surface area (Å²) in [5.41, 5.74) is 0. The van der Waals surface area contributed by atoms with Gasteiger partial charge in [-0.05, 0) is 44.9 Å². The summed E-state index contributed by atoms with van der Waals surface area (Å²) in [6.45, 7) is 3.78. The highest BCUT2D eigenvalue weighted by Crippen LogP contribution is 2.23. The van der Waals surface area contributed by atoms with E-state index in [0.717, 1.165) is 44.9 Å². The topological polar surface area (TPSA) is 149 Å². The number of aliphatic hydroxyl groups excluding tert-OH is 5. The fraction of sp³-hybridized carbons (Fsp3) is 0.889. The van der Waals surface area contributed by atoms with Crippen LogP contribution in [-0.4, -0.2) is 87.5 Å². The zero-order valence-corrected chi connectivity index (χ0v) is 47.2. The van der Waals surface area contributed by atoms with Crippen molar-refractivity contribution in [1.82, 2.24) is 5.32 Å². The second-order valence-corrected chi connectivity index (χ2v) is 21.8. The summed E-state index contributed by atoms with van der Waals surface area (Å²) < 4.78 is 11.3. The molecule has 424 valence electrons. The van der Waals surface area contributed by atoms with Crippen LogP contribution in [0.1, 0.15) is 303 Å². The Morgan fingerprint density at radius 3 is 1.17 bits per heavy atom. The van der Waals surface area contributed by atoms with Gasteiger partial charge in [-0.25, -0.2) is 0 Å². The predicted molar refractivity (Wildman–Crippen MR) is 304 cm³/mol. The summed E-state index contributed by atoms with van der Waals surface area (Å²) in [5, 5.41) is 54.5. The van der Waals surface area contributed by atoms with Gasteiger partial charge in [0.15, 0.2) is 6.29 Å². The van der Waals surface area contributed by atoms with E-state index in [4.69, 9.17) is 9.47 Å². The Morgan fingerprint density at radius 1 is 0.458 bits per heavy atom. The molecule has 0 aromatic heterocycles. The van der Waals surface area contributed by atoms with Crippen molar-refractivity contribution in [2.24, 2.45) is 0 Å². The molecule has 0 aromatic rings. The van der Waals surface area contributed by atoms with Crippen LogP contribution in [0.5, 0.6) is 0 Å². The van der Waals surface area contributed by atoms with Gasteiger partial charge in [0, 0.05) is 6.42 Å². The van der Waals surface area contributed by atoms with Gasteiger partial charge in [0.2, 0.25) is 5.91 Å². The number of rotatable bonds is 54. The van der Waals surface area contributed by atoms with Gasteiger partial charge < -0.3 is 40.3 Å². The van der Waals surface area contributed by atoms with Crippen LogP contribution in [0.25, 0.3) is 0 Å². The normalized spacial score (nSPS) is 19.3. The minimum absolute atomic E-state index is 0.185. The lowest BCUT2D eigenvalue weighted by Crippen LogP contribution is -2.60. The van der Waals surface area contributed by atoms with E-state index in [0.29, 0.717) is 6.42 Å². The van der Waals surface area contributed by atoms with Crippen LogP contribution in [0.3, 0.4) is 0 Å². The van der Waals surface area contributed by atoms with E-state index in [9.17, 15) is 30.3 Å². The minimum atomic E-state index is -1.57. The summed E-state index contributed by atoms with van der Waals surface area (Å²) in [6.07, 6.45) is 62.4. The van der Waals surface area contributed by atoms with Crippen LogP contribution < -0.4 is 5.32 Å². The Kier molecular flexibility index (Phi) is 50.2. The quantitative estimate of drug-likeness (QED) is 0.0261. The number of carbonyl (C=O) groups is 1. The first kappa shape index (κ1) is 68.4.